The highest BCUT2D eigenvalue weighted by Gasteiger charge is 2.15. The zero-order valence-corrected chi connectivity index (χ0v) is 12.1. The molecule has 0 bridgehead atoms. The van der Waals surface area contributed by atoms with E-state index in [-0.39, 0.29) is 0 Å². The fraction of sp³-hybridized carbons (Fsp3) is 0.294. The van der Waals surface area contributed by atoms with E-state index < -0.39 is 0 Å². The number of hydrogen-bond donors (Lipinski definition) is 2. The van der Waals surface area contributed by atoms with Crippen LogP contribution in [0.4, 0.5) is 17.1 Å². The van der Waals surface area contributed by atoms with E-state index in [4.69, 9.17) is 16.2 Å². The predicted octanol–water partition coefficient (Wildman–Crippen LogP) is 2.28. The van der Waals surface area contributed by atoms with Gasteiger partial charge in [0.1, 0.15) is 0 Å². The first kappa shape index (κ1) is 13.8. The van der Waals surface area contributed by atoms with E-state index >= 15 is 0 Å². The molecule has 0 radical (unpaired) electrons. The molecular formula is C17H21N3O. The number of nitrogens with two attached hydrogens (primary N) is 2. The third-order valence-electron chi connectivity index (χ3n) is 3.89. The van der Waals surface area contributed by atoms with Crippen LogP contribution in [0.5, 0.6) is 0 Å². The molecule has 3 rings (SSSR count). The molecule has 1 fully saturated rings. The first-order chi connectivity index (χ1) is 10.2. The number of ether oxygens (including phenoxy) is 1. The van der Waals surface area contributed by atoms with Crippen LogP contribution in [-0.4, -0.2) is 26.3 Å². The monoisotopic (exact) mass is 283 g/mol. The van der Waals surface area contributed by atoms with Crippen LogP contribution in [0.3, 0.4) is 0 Å². The standard InChI is InChI=1S/C17H21N3O/c18-15-5-6-16(19)14(12-15)11-13-3-1-2-4-17(13)20-7-9-21-10-8-20/h1-6,12H,7-11,18-19H2. The molecule has 4 nitrogen and oxygen atoms in total. The van der Waals surface area contributed by atoms with E-state index in [2.05, 4.69) is 29.2 Å². The number of para-hydroxylation sites is 1. The van der Waals surface area contributed by atoms with Crippen molar-refractivity contribution >= 4 is 17.1 Å². The molecule has 0 atom stereocenters. The van der Waals surface area contributed by atoms with Crippen LogP contribution in [0, 0.1) is 0 Å². The van der Waals surface area contributed by atoms with Gasteiger partial charge in [0, 0.05) is 36.6 Å². The summed E-state index contributed by atoms with van der Waals surface area (Å²) in [5.41, 5.74) is 17.1. The second-order valence-electron chi connectivity index (χ2n) is 5.36. The van der Waals surface area contributed by atoms with E-state index in [1.54, 1.807) is 0 Å². The summed E-state index contributed by atoms with van der Waals surface area (Å²) in [4.78, 5) is 2.38. The minimum atomic E-state index is 0.753. The molecule has 110 valence electrons. The van der Waals surface area contributed by atoms with Crippen molar-refractivity contribution in [3.63, 3.8) is 0 Å². The highest BCUT2D eigenvalue weighted by atomic mass is 16.5. The maximum Gasteiger partial charge on any atom is 0.0642 e. The van der Waals surface area contributed by atoms with Gasteiger partial charge in [0.05, 0.1) is 13.2 Å². The Balaban J connectivity index is 1.89. The van der Waals surface area contributed by atoms with E-state index in [0.717, 1.165) is 49.7 Å². The van der Waals surface area contributed by atoms with Gasteiger partial charge in [-0.15, -0.1) is 0 Å². The first-order valence-electron chi connectivity index (χ1n) is 7.28. The van der Waals surface area contributed by atoms with Gasteiger partial charge < -0.3 is 21.1 Å². The van der Waals surface area contributed by atoms with Gasteiger partial charge in [-0.1, -0.05) is 18.2 Å². The number of benzene rings is 2. The summed E-state index contributed by atoms with van der Waals surface area (Å²) in [6.07, 6.45) is 0.796. The van der Waals surface area contributed by atoms with Crippen LogP contribution in [0.2, 0.25) is 0 Å². The van der Waals surface area contributed by atoms with Crippen molar-refractivity contribution in [1.82, 2.24) is 0 Å². The third-order valence-corrected chi connectivity index (χ3v) is 3.89. The summed E-state index contributed by atoms with van der Waals surface area (Å²) in [5, 5.41) is 0. The maximum atomic E-state index is 6.08. The molecule has 1 aliphatic rings. The Morgan fingerprint density at radius 3 is 2.52 bits per heavy atom. The Hall–Kier alpha value is -2.20. The van der Waals surface area contributed by atoms with E-state index in [1.165, 1.54) is 11.3 Å². The minimum Gasteiger partial charge on any atom is -0.399 e. The van der Waals surface area contributed by atoms with Crippen molar-refractivity contribution in [3.05, 3.63) is 53.6 Å². The summed E-state index contributed by atoms with van der Waals surface area (Å²) in [7, 11) is 0. The molecule has 4 heteroatoms. The maximum absolute atomic E-state index is 6.08. The molecule has 0 saturated carbocycles. The van der Waals surface area contributed by atoms with Crippen LogP contribution < -0.4 is 16.4 Å². The molecule has 0 aromatic heterocycles. The number of rotatable bonds is 3. The van der Waals surface area contributed by atoms with Crippen molar-refractivity contribution in [2.45, 2.75) is 6.42 Å². The minimum absolute atomic E-state index is 0.753. The lowest BCUT2D eigenvalue weighted by molar-refractivity contribution is 0.122. The van der Waals surface area contributed by atoms with Gasteiger partial charge in [0.2, 0.25) is 0 Å². The van der Waals surface area contributed by atoms with Crippen molar-refractivity contribution in [1.29, 1.82) is 0 Å². The summed E-state index contributed by atoms with van der Waals surface area (Å²) >= 11 is 0. The molecule has 0 spiro atoms. The summed E-state index contributed by atoms with van der Waals surface area (Å²) in [6, 6.07) is 14.2. The lowest BCUT2D eigenvalue weighted by Gasteiger charge is -2.30. The molecule has 1 saturated heterocycles. The quantitative estimate of drug-likeness (QED) is 0.848. The van der Waals surface area contributed by atoms with Gasteiger partial charge in [-0.3, -0.25) is 0 Å². The zero-order chi connectivity index (χ0) is 14.7. The molecule has 4 N–H and O–H groups in total. The van der Waals surface area contributed by atoms with Gasteiger partial charge in [-0.25, -0.2) is 0 Å². The molecule has 2 aromatic rings. The summed E-state index contributed by atoms with van der Waals surface area (Å²) in [6.45, 7) is 3.44. The predicted molar refractivity (Wildman–Crippen MR) is 87.5 cm³/mol. The lowest BCUT2D eigenvalue weighted by atomic mass is 10.0. The van der Waals surface area contributed by atoms with Crippen LogP contribution >= 0.6 is 0 Å². The Labute approximate surface area is 125 Å². The van der Waals surface area contributed by atoms with Gasteiger partial charge >= 0.3 is 0 Å². The van der Waals surface area contributed by atoms with Gasteiger partial charge in [0.15, 0.2) is 0 Å². The number of nitrogens with zero attached hydrogens (tertiary/aromatic N) is 1. The van der Waals surface area contributed by atoms with Gasteiger partial charge in [-0.05, 0) is 35.4 Å². The highest BCUT2D eigenvalue weighted by Crippen LogP contribution is 2.26. The van der Waals surface area contributed by atoms with E-state index in [0.29, 0.717) is 0 Å². The Morgan fingerprint density at radius 1 is 0.952 bits per heavy atom. The van der Waals surface area contributed by atoms with E-state index in [9.17, 15) is 0 Å². The average Bonchev–Trinajstić information content (AvgIpc) is 2.52. The van der Waals surface area contributed by atoms with Crippen molar-refractivity contribution in [2.24, 2.45) is 0 Å². The lowest BCUT2D eigenvalue weighted by Crippen LogP contribution is -2.36. The second-order valence-corrected chi connectivity index (χ2v) is 5.36. The molecule has 1 heterocycles. The van der Waals surface area contributed by atoms with Gasteiger partial charge in [0.25, 0.3) is 0 Å². The Morgan fingerprint density at radius 2 is 1.71 bits per heavy atom. The third kappa shape index (κ3) is 3.11. The van der Waals surface area contributed by atoms with Crippen LogP contribution in [0.1, 0.15) is 11.1 Å². The number of morpholine rings is 1. The zero-order valence-electron chi connectivity index (χ0n) is 12.1. The topological polar surface area (TPSA) is 64.5 Å². The Bertz CT molecular complexity index is 621. The molecule has 21 heavy (non-hydrogen) atoms. The van der Waals surface area contributed by atoms with Gasteiger partial charge in [-0.2, -0.15) is 0 Å². The van der Waals surface area contributed by atoms with Crippen LogP contribution in [0.15, 0.2) is 42.5 Å². The Kier molecular flexibility index (Phi) is 3.97. The van der Waals surface area contributed by atoms with Crippen LogP contribution in [-0.2, 0) is 11.2 Å². The molecule has 1 aliphatic heterocycles. The smallest absolute Gasteiger partial charge is 0.0642 e. The molecule has 0 unspecified atom stereocenters. The molecule has 0 aliphatic carbocycles. The number of hydrogen-bond acceptors (Lipinski definition) is 4. The largest absolute Gasteiger partial charge is 0.399 e. The first-order valence-corrected chi connectivity index (χ1v) is 7.28. The highest BCUT2D eigenvalue weighted by molar-refractivity contribution is 5.60. The fourth-order valence-electron chi connectivity index (χ4n) is 2.76. The average molecular weight is 283 g/mol. The second kappa shape index (κ2) is 6.06. The number of nitrogen functional groups attached to an aromatic ring is 2. The normalized spacial score (nSPS) is 15.1. The summed E-state index contributed by atoms with van der Waals surface area (Å²) in [5.74, 6) is 0. The molecule has 2 aromatic carbocycles. The number of anilines is 3. The summed E-state index contributed by atoms with van der Waals surface area (Å²) < 4.78 is 5.44. The van der Waals surface area contributed by atoms with Crippen LogP contribution in [0.25, 0.3) is 0 Å². The molecule has 0 amide bonds. The van der Waals surface area contributed by atoms with Crippen molar-refractivity contribution in [3.8, 4) is 0 Å². The van der Waals surface area contributed by atoms with E-state index in [1.807, 2.05) is 18.2 Å². The van der Waals surface area contributed by atoms with Crippen molar-refractivity contribution < 1.29 is 4.74 Å². The van der Waals surface area contributed by atoms with Crippen molar-refractivity contribution in [2.75, 3.05) is 42.7 Å². The fourth-order valence-corrected chi connectivity index (χ4v) is 2.76. The molecular weight excluding hydrogens is 262 g/mol. The SMILES string of the molecule is Nc1ccc(N)c(Cc2ccccc2N2CCOCC2)c1.